The minimum atomic E-state index is 0. The molecule has 3 aromatic rings. The fourth-order valence-corrected chi connectivity index (χ4v) is 3.67. The summed E-state index contributed by atoms with van der Waals surface area (Å²) in [5.41, 5.74) is 5.83. The van der Waals surface area contributed by atoms with Crippen molar-refractivity contribution in [2.45, 2.75) is 54.4 Å². The molecule has 2 aromatic heterocycles. The van der Waals surface area contributed by atoms with Crippen molar-refractivity contribution in [3.8, 4) is 5.69 Å². The fourth-order valence-electron chi connectivity index (χ4n) is 3.67. The molecule has 28 heavy (non-hydrogen) atoms. The molecule has 0 aliphatic carbocycles. The van der Waals surface area contributed by atoms with Crippen molar-refractivity contribution in [1.29, 1.82) is 0 Å². The fraction of sp³-hybridized carbons (Fsp3) is 0.435. The molecule has 0 atom stereocenters. The zero-order valence-corrected chi connectivity index (χ0v) is 18.8. The van der Waals surface area contributed by atoms with E-state index in [1.165, 1.54) is 40.6 Å². The van der Waals surface area contributed by atoms with E-state index in [0.29, 0.717) is 0 Å². The molecule has 5 heteroatoms. The van der Waals surface area contributed by atoms with E-state index in [9.17, 15) is 0 Å². The second-order valence-electron chi connectivity index (χ2n) is 7.08. The Labute approximate surface area is 182 Å². The molecule has 1 aromatic carbocycles. The maximum atomic E-state index is 4.83. The normalized spacial score (nSPS) is 10.5. The Bertz CT molecular complexity index is 910. The second-order valence-corrected chi connectivity index (χ2v) is 7.08. The molecule has 0 radical (unpaired) electrons. The number of aryl methyl sites for hydroxylation is 4. The van der Waals surface area contributed by atoms with Crippen molar-refractivity contribution in [2.24, 2.45) is 0 Å². The number of hydrogen-bond acceptors (Lipinski definition) is 3. The van der Waals surface area contributed by atoms with Crippen LogP contribution in [0.2, 0.25) is 0 Å². The van der Waals surface area contributed by atoms with Gasteiger partial charge in [0.1, 0.15) is 17.3 Å². The zero-order chi connectivity index (χ0) is 18.8. The molecule has 146 valence electrons. The average Bonchev–Trinajstić information content (AvgIpc) is 2.91. The molecule has 0 fully saturated rings. The number of nitrogens with zero attached hydrogens (tertiary/aromatic N) is 4. The van der Waals surface area contributed by atoms with Gasteiger partial charge < -0.3 is 16.9 Å². The first kappa shape index (κ1) is 24.3. The zero-order valence-electron chi connectivity index (χ0n) is 18.8. The summed E-state index contributed by atoms with van der Waals surface area (Å²) in [7, 11) is 0. The van der Waals surface area contributed by atoms with Gasteiger partial charge in [-0.15, -0.1) is 11.1 Å². The van der Waals surface area contributed by atoms with E-state index in [1.807, 2.05) is 19.1 Å². The van der Waals surface area contributed by atoms with Gasteiger partial charge in [-0.1, -0.05) is 32.9 Å². The summed E-state index contributed by atoms with van der Waals surface area (Å²) in [5.74, 6) is 1.89. The van der Waals surface area contributed by atoms with Gasteiger partial charge in [-0.05, 0) is 32.8 Å². The van der Waals surface area contributed by atoms with Crippen LogP contribution in [0.5, 0.6) is 0 Å². The molecule has 0 unspecified atom stereocenters. The van der Waals surface area contributed by atoms with Crippen LogP contribution in [-0.2, 0) is 0 Å². The number of benzene rings is 1. The predicted molar refractivity (Wildman–Crippen MR) is 116 cm³/mol. The van der Waals surface area contributed by atoms with Gasteiger partial charge >= 0.3 is 18.9 Å². The van der Waals surface area contributed by atoms with Crippen LogP contribution in [0.4, 0.5) is 5.82 Å². The molecule has 4 nitrogen and oxygen atoms in total. The standard InChI is InChI=1S/C22H29N4.CH3.Li/c1-7-9-13-25(8-2)21-19-17(5)14-26(22(19)24-18(6)23-21)20-15(3)11-10-12-16(20)4;;/h11-12,14H,7-9,13H2,1-6H3;1H3;/q2*-1;+1. The summed E-state index contributed by atoms with van der Waals surface area (Å²) in [5, 5.41) is 1.17. The minimum absolute atomic E-state index is 0. The van der Waals surface area contributed by atoms with Gasteiger partial charge in [0.05, 0.1) is 5.39 Å². The van der Waals surface area contributed by atoms with Gasteiger partial charge in [0.15, 0.2) is 0 Å². The first-order valence-electron chi connectivity index (χ1n) is 9.56. The Kier molecular flexibility index (Phi) is 8.79. The Morgan fingerprint density at radius 3 is 2.21 bits per heavy atom. The summed E-state index contributed by atoms with van der Waals surface area (Å²) < 4.78 is 2.23. The van der Waals surface area contributed by atoms with Gasteiger partial charge in [-0.2, -0.15) is 18.2 Å². The molecular weight excluding hydrogens is 339 g/mol. The molecule has 0 saturated heterocycles. The van der Waals surface area contributed by atoms with Crippen LogP contribution < -0.4 is 23.8 Å². The number of rotatable bonds is 6. The molecule has 0 saturated carbocycles. The van der Waals surface area contributed by atoms with Gasteiger partial charge in [0.2, 0.25) is 0 Å². The maximum absolute atomic E-state index is 4.83. The Morgan fingerprint density at radius 2 is 1.64 bits per heavy atom. The van der Waals surface area contributed by atoms with Crippen LogP contribution in [0, 0.1) is 41.2 Å². The molecule has 0 aliphatic rings. The summed E-state index contributed by atoms with van der Waals surface area (Å²) >= 11 is 0. The third-order valence-electron chi connectivity index (χ3n) is 4.98. The SMILES string of the molecule is CCCCN(CC)c1nc(C)nc2c1c(C)cn2-c1c(C)c[c-]cc1C.[CH3-].[Li+]. The monoisotopic (exact) mass is 371 g/mol. The topological polar surface area (TPSA) is 34.0 Å². The first-order valence-corrected chi connectivity index (χ1v) is 9.56. The quantitative estimate of drug-likeness (QED) is 0.493. The molecule has 2 heterocycles. The van der Waals surface area contributed by atoms with Crippen molar-refractivity contribution in [2.75, 3.05) is 18.0 Å². The molecule has 3 rings (SSSR count). The smallest absolute Gasteiger partial charge is 0.358 e. The molecule has 0 amide bonds. The van der Waals surface area contributed by atoms with E-state index >= 15 is 0 Å². The second kappa shape index (κ2) is 10.1. The largest absolute Gasteiger partial charge is 1.00 e. The Morgan fingerprint density at radius 1 is 1.00 bits per heavy atom. The molecule has 0 spiro atoms. The van der Waals surface area contributed by atoms with Gasteiger partial charge in [-0.25, -0.2) is 9.97 Å². The number of unbranched alkanes of at least 4 members (excludes halogenated alkanes) is 1. The van der Waals surface area contributed by atoms with E-state index in [2.05, 4.69) is 56.3 Å². The maximum Gasteiger partial charge on any atom is 1.00 e. The Balaban J connectivity index is 0.00000196. The molecule has 0 aliphatic heterocycles. The van der Waals surface area contributed by atoms with Crippen molar-refractivity contribution in [1.82, 2.24) is 14.5 Å². The van der Waals surface area contributed by atoms with Gasteiger partial charge in [0, 0.05) is 19.3 Å². The van der Waals surface area contributed by atoms with E-state index < -0.39 is 0 Å². The van der Waals surface area contributed by atoms with Crippen LogP contribution in [0.15, 0.2) is 18.3 Å². The summed E-state index contributed by atoms with van der Waals surface area (Å²) in [4.78, 5) is 12.0. The molecule has 0 bridgehead atoms. The number of fused-ring (bicyclic) bond motifs is 1. The number of hydrogen-bond donors (Lipinski definition) is 0. The third-order valence-corrected chi connectivity index (χ3v) is 4.98. The van der Waals surface area contributed by atoms with Crippen LogP contribution in [0.1, 0.15) is 49.2 Å². The number of anilines is 1. The van der Waals surface area contributed by atoms with Crippen molar-refractivity contribution >= 4 is 16.9 Å². The first-order chi connectivity index (χ1) is 12.5. The summed E-state index contributed by atoms with van der Waals surface area (Å²) in [6.07, 6.45) is 4.55. The van der Waals surface area contributed by atoms with Crippen LogP contribution in [0.25, 0.3) is 16.7 Å². The van der Waals surface area contributed by atoms with E-state index in [-0.39, 0.29) is 26.3 Å². The molecule has 0 N–H and O–H groups in total. The minimum Gasteiger partial charge on any atom is -0.358 e. The average molecular weight is 371 g/mol. The molecular formula is C23H32LiN4-. The predicted octanol–water partition coefficient (Wildman–Crippen LogP) is 2.54. The van der Waals surface area contributed by atoms with Crippen LogP contribution >= 0.6 is 0 Å². The Hall–Kier alpha value is -1.76. The van der Waals surface area contributed by atoms with E-state index in [4.69, 9.17) is 9.97 Å². The van der Waals surface area contributed by atoms with Crippen molar-refractivity contribution < 1.29 is 18.9 Å². The van der Waals surface area contributed by atoms with Crippen LogP contribution in [0.3, 0.4) is 0 Å². The number of aromatic nitrogens is 3. The van der Waals surface area contributed by atoms with Crippen molar-refractivity contribution in [3.05, 3.63) is 54.3 Å². The summed E-state index contributed by atoms with van der Waals surface area (Å²) in [6, 6.07) is 7.29. The van der Waals surface area contributed by atoms with Gasteiger partial charge in [-0.3, -0.25) is 0 Å². The van der Waals surface area contributed by atoms with Crippen LogP contribution in [-0.4, -0.2) is 27.6 Å². The van der Waals surface area contributed by atoms with E-state index in [0.717, 1.165) is 30.4 Å². The van der Waals surface area contributed by atoms with Gasteiger partial charge in [0.25, 0.3) is 0 Å². The third kappa shape index (κ3) is 4.45. The van der Waals surface area contributed by atoms with Crippen molar-refractivity contribution in [3.63, 3.8) is 0 Å². The van der Waals surface area contributed by atoms with E-state index in [1.54, 1.807) is 0 Å². The summed E-state index contributed by atoms with van der Waals surface area (Å²) in [6.45, 7) is 14.8.